The van der Waals surface area contributed by atoms with Gasteiger partial charge in [-0.3, -0.25) is 0 Å². The first-order chi connectivity index (χ1) is 7.83. The van der Waals surface area contributed by atoms with Crippen molar-refractivity contribution in [2.75, 3.05) is 0 Å². The first kappa shape index (κ1) is 10.0. The van der Waals surface area contributed by atoms with Crippen LogP contribution < -0.4 is 0 Å². The third-order valence-electron chi connectivity index (χ3n) is 2.33. The van der Waals surface area contributed by atoms with Gasteiger partial charge in [-0.2, -0.15) is 10.5 Å². The van der Waals surface area contributed by atoms with Gasteiger partial charge in [-0.1, -0.05) is 30.3 Å². The zero-order valence-electron chi connectivity index (χ0n) is 8.59. The van der Waals surface area contributed by atoms with Crippen LogP contribution in [0.3, 0.4) is 0 Å². The smallest absolute Gasteiger partial charge is 0.102 e. The van der Waals surface area contributed by atoms with E-state index in [9.17, 15) is 0 Å². The number of nitriles is 2. The highest BCUT2D eigenvalue weighted by Crippen LogP contribution is 2.10. The normalized spacial score (nSPS) is 9.38. The number of hydrogen-bond acceptors (Lipinski definition) is 2. The van der Waals surface area contributed by atoms with Gasteiger partial charge >= 0.3 is 0 Å². The lowest BCUT2D eigenvalue weighted by Crippen LogP contribution is -1.95. The van der Waals surface area contributed by atoms with Crippen LogP contribution >= 0.6 is 0 Å². The number of benzene rings is 1. The second-order valence-electron chi connectivity index (χ2n) is 3.47. The van der Waals surface area contributed by atoms with Gasteiger partial charge in [-0.05, 0) is 5.56 Å². The van der Waals surface area contributed by atoms with Gasteiger partial charge in [0.15, 0.2) is 0 Å². The molecule has 0 spiro atoms. The van der Waals surface area contributed by atoms with Crippen LogP contribution in [0.1, 0.15) is 16.7 Å². The fourth-order valence-corrected chi connectivity index (χ4v) is 1.57. The molecule has 0 saturated carbocycles. The topological polar surface area (TPSA) is 52.5 Å². The molecule has 0 radical (unpaired) electrons. The van der Waals surface area contributed by atoms with Crippen LogP contribution in [0.4, 0.5) is 0 Å². The Morgan fingerprint density at radius 1 is 0.938 bits per heavy atom. The minimum atomic E-state index is 0.429. The van der Waals surface area contributed by atoms with Crippen LogP contribution in [0, 0.1) is 22.7 Å². The lowest BCUT2D eigenvalue weighted by molar-refractivity contribution is 0.805. The Morgan fingerprint density at radius 3 is 2.00 bits per heavy atom. The maximum Gasteiger partial charge on any atom is 0.102 e. The second-order valence-corrected chi connectivity index (χ2v) is 3.47. The molecule has 1 aromatic carbocycles. The molecule has 0 amide bonds. The molecule has 2 aromatic rings. The molecule has 0 aliphatic rings. The molecule has 0 aliphatic carbocycles. The first-order valence-electron chi connectivity index (χ1n) is 4.87. The summed E-state index contributed by atoms with van der Waals surface area (Å²) in [5.74, 6) is 0. The monoisotopic (exact) mass is 207 g/mol. The van der Waals surface area contributed by atoms with Crippen molar-refractivity contribution < 1.29 is 0 Å². The second kappa shape index (κ2) is 4.33. The maximum atomic E-state index is 8.81. The van der Waals surface area contributed by atoms with Crippen molar-refractivity contribution in [3.8, 4) is 12.1 Å². The van der Waals surface area contributed by atoms with E-state index in [1.165, 1.54) is 0 Å². The molecule has 0 fully saturated rings. The maximum absolute atomic E-state index is 8.81. The van der Waals surface area contributed by atoms with E-state index in [1.54, 1.807) is 12.4 Å². The first-order valence-corrected chi connectivity index (χ1v) is 4.87. The molecule has 1 heterocycles. The van der Waals surface area contributed by atoms with Crippen molar-refractivity contribution in [2.45, 2.75) is 6.54 Å². The quantitative estimate of drug-likeness (QED) is 0.758. The van der Waals surface area contributed by atoms with Crippen molar-refractivity contribution in [1.82, 2.24) is 4.57 Å². The van der Waals surface area contributed by atoms with E-state index < -0.39 is 0 Å². The molecule has 76 valence electrons. The van der Waals surface area contributed by atoms with E-state index in [0.717, 1.165) is 5.56 Å². The summed E-state index contributed by atoms with van der Waals surface area (Å²) in [6.07, 6.45) is 3.40. The highest BCUT2D eigenvalue weighted by molar-refractivity contribution is 5.44. The van der Waals surface area contributed by atoms with Gasteiger partial charge in [0.1, 0.15) is 12.1 Å². The van der Waals surface area contributed by atoms with Crippen molar-refractivity contribution in [1.29, 1.82) is 10.5 Å². The molecule has 0 bridgehead atoms. The molecule has 0 atom stereocenters. The molecule has 0 aliphatic heterocycles. The fraction of sp³-hybridized carbons (Fsp3) is 0.0769. The van der Waals surface area contributed by atoms with E-state index in [1.807, 2.05) is 47.0 Å². The van der Waals surface area contributed by atoms with Crippen molar-refractivity contribution in [3.63, 3.8) is 0 Å². The molecule has 0 N–H and O–H groups in total. The van der Waals surface area contributed by atoms with Gasteiger partial charge in [0, 0.05) is 18.9 Å². The van der Waals surface area contributed by atoms with E-state index in [2.05, 4.69) is 0 Å². The summed E-state index contributed by atoms with van der Waals surface area (Å²) in [5.41, 5.74) is 2.00. The van der Waals surface area contributed by atoms with Gasteiger partial charge < -0.3 is 4.57 Å². The molecule has 2 rings (SSSR count). The summed E-state index contributed by atoms with van der Waals surface area (Å²) in [5, 5.41) is 17.6. The lowest BCUT2D eigenvalue weighted by Gasteiger charge is -2.01. The van der Waals surface area contributed by atoms with Gasteiger partial charge in [0.05, 0.1) is 11.1 Å². The molecule has 3 heteroatoms. The molecule has 16 heavy (non-hydrogen) atoms. The van der Waals surface area contributed by atoms with Crippen LogP contribution in [0.2, 0.25) is 0 Å². The van der Waals surface area contributed by atoms with E-state index >= 15 is 0 Å². The number of hydrogen-bond donors (Lipinski definition) is 0. The average molecular weight is 207 g/mol. The van der Waals surface area contributed by atoms with Gasteiger partial charge in [0.2, 0.25) is 0 Å². The SMILES string of the molecule is N#Cc1cn(Cc2ccccc2)cc1C#N. The number of rotatable bonds is 2. The molecule has 0 unspecified atom stereocenters. The minimum absolute atomic E-state index is 0.429. The van der Waals surface area contributed by atoms with Crippen LogP contribution in [-0.2, 0) is 6.54 Å². The molecular weight excluding hydrogens is 198 g/mol. The largest absolute Gasteiger partial charge is 0.347 e. The van der Waals surface area contributed by atoms with Gasteiger partial charge in [0.25, 0.3) is 0 Å². The Bertz CT molecular complexity index is 536. The van der Waals surface area contributed by atoms with Crippen molar-refractivity contribution >= 4 is 0 Å². The summed E-state index contributed by atoms with van der Waals surface area (Å²) in [6.45, 7) is 0.678. The van der Waals surface area contributed by atoms with Crippen molar-refractivity contribution in [3.05, 3.63) is 59.4 Å². The predicted molar refractivity (Wildman–Crippen MR) is 59.4 cm³/mol. The molecular formula is C13H9N3. The van der Waals surface area contributed by atoms with Crippen molar-refractivity contribution in [2.24, 2.45) is 0 Å². The summed E-state index contributed by atoms with van der Waals surface area (Å²) < 4.78 is 1.85. The Morgan fingerprint density at radius 2 is 1.50 bits per heavy atom. The van der Waals surface area contributed by atoms with Crippen LogP contribution in [0.25, 0.3) is 0 Å². The predicted octanol–water partition coefficient (Wildman–Crippen LogP) is 2.28. The number of aromatic nitrogens is 1. The zero-order valence-corrected chi connectivity index (χ0v) is 8.59. The summed E-state index contributed by atoms with van der Waals surface area (Å²) in [4.78, 5) is 0. The van der Waals surface area contributed by atoms with E-state index in [0.29, 0.717) is 17.7 Å². The van der Waals surface area contributed by atoms with E-state index in [4.69, 9.17) is 10.5 Å². The summed E-state index contributed by atoms with van der Waals surface area (Å²) >= 11 is 0. The summed E-state index contributed by atoms with van der Waals surface area (Å²) in [7, 11) is 0. The van der Waals surface area contributed by atoms with E-state index in [-0.39, 0.29) is 0 Å². The number of nitrogens with zero attached hydrogens (tertiary/aromatic N) is 3. The Labute approximate surface area is 93.8 Å². The third-order valence-corrected chi connectivity index (χ3v) is 2.33. The van der Waals surface area contributed by atoms with Crippen LogP contribution in [0.15, 0.2) is 42.7 Å². The summed E-state index contributed by atoms with van der Waals surface area (Å²) in [6, 6.07) is 13.9. The van der Waals surface area contributed by atoms with Crippen LogP contribution in [-0.4, -0.2) is 4.57 Å². The minimum Gasteiger partial charge on any atom is -0.347 e. The Hall–Kier alpha value is -2.52. The standard InChI is InChI=1S/C13H9N3/c14-6-12-9-16(10-13(12)7-15)8-11-4-2-1-3-5-11/h1-5,9-10H,8H2. The lowest BCUT2D eigenvalue weighted by atomic mass is 10.2. The average Bonchev–Trinajstić information content (AvgIpc) is 2.72. The van der Waals surface area contributed by atoms with Gasteiger partial charge in [-0.15, -0.1) is 0 Å². The fourth-order valence-electron chi connectivity index (χ4n) is 1.57. The van der Waals surface area contributed by atoms with Gasteiger partial charge in [-0.25, -0.2) is 0 Å². The zero-order chi connectivity index (χ0) is 11.4. The Balaban J connectivity index is 2.28. The highest BCUT2D eigenvalue weighted by Gasteiger charge is 2.05. The molecule has 0 saturated heterocycles. The van der Waals surface area contributed by atoms with Crippen LogP contribution in [0.5, 0.6) is 0 Å². The molecule has 1 aromatic heterocycles. The third kappa shape index (κ3) is 1.94. The highest BCUT2D eigenvalue weighted by atomic mass is 14.9. The molecule has 3 nitrogen and oxygen atoms in total. The Kier molecular flexibility index (Phi) is 2.71.